The number of rotatable bonds is 5. The lowest BCUT2D eigenvalue weighted by Crippen LogP contribution is -1.95. The molecule has 0 saturated carbocycles. The fourth-order valence-corrected chi connectivity index (χ4v) is 2.47. The zero-order valence-corrected chi connectivity index (χ0v) is 10.8. The minimum absolute atomic E-state index is 0.599. The second kappa shape index (κ2) is 5.89. The van der Waals surface area contributed by atoms with Crippen molar-refractivity contribution in [1.82, 2.24) is 9.78 Å². The second-order valence-corrected chi connectivity index (χ2v) is 4.89. The van der Waals surface area contributed by atoms with E-state index in [1.807, 2.05) is 22.6 Å². The summed E-state index contributed by atoms with van der Waals surface area (Å²) in [6.07, 6.45) is 4.03. The largest absolute Gasteiger partial charge is 0.326 e. The molecular formula is C13H17N3S. The van der Waals surface area contributed by atoms with Crippen molar-refractivity contribution in [3.63, 3.8) is 0 Å². The van der Waals surface area contributed by atoms with Crippen molar-refractivity contribution in [2.24, 2.45) is 5.73 Å². The highest BCUT2D eigenvalue weighted by atomic mass is 32.2. The molecule has 4 heteroatoms. The summed E-state index contributed by atoms with van der Waals surface area (Å²) < 4.78 is 1.95. The third-order valence-corrected chi connectivity index (χ3v) is 3.62. The lowest BCUT2D eigenvalue weighted by Gasteiger charge is -2.02. The first-order valence-electron chi connectivity index (χ1n) is 5.75. The Morgan fingerprint density at radius 2 is 2.24 bits per heavy atom. The van der Waals surface area contributed by atoms with Gasteiger partial charge in [-0.15, -0.1) is 11.8 Å². The van der Waals surface area contributed by atoms with E-state index in [1.165, 1.54) is 16.0 Å². The molecule has 0 spiro atoms. The van der Waals surface area contributed by atoms with Crippen LogP contribution < -0.4 is 5.73 Å². The van der Waals surface area contributed by atoms with E-state index in [1.54, 1.807) is 0 Å². The molecule has 0 saturated heterocycles. The van der Waals surface area contributed by atoms with Crippen molar-refractivity contribution in [2.75, 3.05) is 0 Å². The Morgan fingerprint density at radius 1 is 1.35 bits per heavy atom. The van der Waals surface area contributed by atoms with E-state index in [0.717, 1.165) is 12.3 Å². The molecular weight excluding hydrogens is 230 g/mol. The van der Waals surface area contributed by atoms with Crippen molar-refractivity contribution < 1.29 is 0 Å². The zero-order chi connectivity index (χ0) is 12.1. The van der Waals surface area contributed by atoms with E-state index < -0.39 is 0 Å². The Balaban J connectivity index is 1.96. The van der Waals surface area contributed by atoms with Crippen molar-refractivity contribution in [3.05, 3.63) is 47.8 Å². The summed E-state index contributed by atoms with van der Waals surface area (Å²) in [6, 6.07) is 8.38. The molecule has 2 aromatic rings. The van der Waals surface area contributed by atoms with Crippen molar-refractivity contribution in [2.45, 2.75) is 30.7 Å². The molecule has 0 aliphatic carbocycles. The van der Waals surface area contributed by atoms with Crippen LogP contribution in [0.5, 0.6) is 0 Å². The SMILES string of the molecule is CCn1cc(CSc2cccc(CN)c2)cn1. The van der Waals surface area contributed by atoms with E-state index >= 15 is 0 Å². The van der Waals surface area contributed by atoms with Gasteiger partial charge in [0.05, 0.1) is 6.20 Å². The van der Waals surface area contributed by atoms with Crippen LogP contribution in [0.15, 0.2) is 41.6 Å². The first-order valence-corrected chi connectivity index (χ1v) is 6.73. The Bertz CT molecular complexity index is 479. The van der Waals surface area contributed by atoms with E-state index in [-0.39, 0.29) is 0 Å². The van der Waals surface area contributed by atoms with Gasteiger partial charge >= 0.3 is 0 Å². The third kappa shape index (κ3) is 3.35. The molecule has 1 aromatic heterocycles. The summed E-state index contributed by atoms with van der Waals surface area (Å²) in [7, 11) is 0. The summed E-state index contributed by atoms with van der Waals surface area (Å²) in [6.45, 7) is 3.62. The Labute approximate surface area is 106 Å². The van der Waals surface area contributed by atoms with Crippen LogP contribution >= 0.6 is 11.8 Å². The first kappa shape index (κ1) is 12.2. The maximum Gasteiger partial charge on any atom is 0.0530 e. The molecule has 0 aliphatic heterocycles. The number of aromatic nitrogens is 2. The van der Waals surface area contributed by atoms with Crippen LogP contribution in [-0.2, 0) is 18.8 Å². The predicted molar refractivity (Wildman–Crippen MR) is 71.8 cm³/mol. The summed E-state index contributed by atoms with van der Waals surface area (Å²) in [5, 5.41) is 4.26. The minimum Gasteiger partial charge on any atom is -0.326 e. The number of hydrogen-bond donors (Lipinski definition) is 1. The van der Waals surface area contributed by atoms with Gasteiger partial charge in [0.2, 0.25) is 0 Å². The first-order chi connectivity index (χ1) is 8.31. The van der Waals surface area contributed by atoms with Crippen molar-refractivity contribution >= 4 is 11.8 Å². The van der Waals surface area contributed by atoms with Gasteiger partial charge in [0, 0.05) is 35.5 Å². The van der Waals surface area contributed by atoms with Crippen LogP contribution in [0.3, 0.4) is 0 Å². The van der Waals surface area contributed by atoms with Gasteiger partial charge in [-0.3, -0.25) is 4.68 Å². The standard InChI is InChI=1S/C13H17N3S/c1-2-16-9-12(8-15-16)10-17-13-5-3-4-11(6-13)7-14/h3-6,8-9H,2,7,10,14H2,1H3. The molecule has 0 fully saturated rings. The van der Waals surface area contributed by atoms with Gasteiger partial charge in [0.1, 0.15) is 0 Å². The molecule has 0 bridgehead atoms. The molecule has 17 heavy (non-hydrogen) atoms. The Kier molecular flexibility index (Phi) is 4.23. The van der Waals surface area contributed by atoms with Gasteiger partial charge in [0.15, 0.2) is 0 Å². The second-order valence-electron chi connectivity index (χ2n) is 3.84. The third-order valence-electron chi connectivity index (χ3n) is 2.55. The molecule has 0 amide bonds. The molecule has 0 atom stereocenters. The quantitative estimate of drug-likeness (QED) is 0.826. The summed E-state index contributed by atoms with van der Waals surface area (Å²) in [4.78, 5) is 1.26. The van der Waals surface area contributed by atoms with Crippen molar-refractivity contribution in [1.29, 1.82) is 0 Å². The predicted octanol–water partition coefficient (Wildman–Crippen LogP) is 2.65. The number of nitrogens with two attached hydrogens (primary N) is 1. The highest BCUT2D eigenvalue weighted by molar-refractivity contribution is 7.98. The molecule has 0 unspecified atom stereocenters. The lowest BCUT2D eigenvalue weighted by atomic mass is 10.2. The minimum atomic E-state index is 0.599. The molecule has 90 valence electrons. The van der Waals surface area contributed by atoms with Gasteiger partial charge < -0.3 is 5.73 Å². The van der Waals surface area contributed by atoms with Gasteiger partial charge in [-0.1, -0.05) is 12.1 Å². The van der Waals surface area contributed by atoms with Crippen LogP contribution in [0.25, 0.3) is 0 Å². The van der Waals surface area contributed by atoms with Gasteiger partial charge in [-0.25, -0.2) is 0 Å². The smallest absolute Gasteiger partial charge is 0.0530 e. The van der Waals surface area contributed by atoms with E-state index in [2.05, 4.69) is 42.5 Å². The number of hydrogen-bond acceptors (Lipinski definition) is 3. The maximum absolute atomic E-state index is 5.62. The van der Waals surface area contributed by atoms with Gasteiger partial charge in [0.25, 0.3) is 0 Å². The van der Waals surface area contributed by atoms with Crippen LogP contribution in [0.1, 0.15) is 18.1 Å². The highest BCUT2D eigenvalue weighted by Crippen LogP contribution is 2.23. The fourth-order valence-electron chi connectivity index (χ4n) is 1.58. The average molecular weight is 247 g/mol. The lowest BCUT2D eigenvalue weighted by molar-refractivity contribution is 0.659. The van der Waals surface area contributed by atoms with E-state index in [9.17, 15) is 0 Å². The van der Waals surface area contributed by atoms with Gasteiger partial charge in [-0.05, 0) is 24.6 Å². The van der Waals surface area contributed by atoms with Crippen molar-refractivity contribution in [3.8, 4) is 0 Å². The summed E-state index contributed by atoms with van der Waals surface area (Å²) in [5.74, 6) is 0.952. The molecule has 3 nitrogen and oxygen atoms in total. The zero-order valence-electron chi connectivity index (χ0n) is 9.97. The average Bonchev–Trinajstić information content (AvgIpc) is 2.84. The molecule has 2 rings (SSSR count). The summed E-state index contributed by atoms with van der Waals surface area (Å²) >= 11 is 1.82. The molecule has 1 aromatic carbocycles. The van der Waals surface area contributed by atoms with E-state index in [4.69, 9.17) is 5.73 Å². The molecule has 2 N–H and O–H groups in total. The normalized spacial score (nSPS) is 10.7. The molecule has 0 radical (unpaired) electrons. The summed E-state index contributed by atoms with van der Waals surface area (Å²) in [5.41, 5.74) is 8.06. The number of aryl methyl sites for hydroxylation is 1. The number of thioether (sulfide) groups is 1. The van der Waals surface area contributed by atoms with E-state index in [0.29, 0.717) is 6.54 Å². The van der Waals surface area contributed by atoms with Gasteiger partial charge in [-0.2, -0.15) is 5.10 Å². The Hall–Kier alpha value is -1.26. The Morgan fingerprint density at radius 3 is 2.94 bits per heavy atom. The van der Waals surface area contributed by atoms with Crippen LogP contribution in [0, 0.1) is 0 Å². The highest BCUT2D eigenvalue weighted by Gasteiger charge is 2.00. The van der Waals surface area contributed by atoms with Crippen LogP contribution in [-0.4, -0.2) is 9.78 Å². The maximum atomic E-state index is 5.62. The number of benzene rings is 1. The number of nitrogens with zero attached hydrogens (tertiary/aromatic N) is 2. The molecule has 1 heterocycles. The van der Waals surface area contributed by atoms with Crippen LogP contribution in [0.2, 0.25) is 0 Å². The monoisotopic (exact) mass is 247 g/mol. The molecule has 0 aliphatic rings. The van der Waals surface area contributed by atoms with Crippen LogP contribution in [0.4, 0.5) is 0 Å². The fraction of sp³-hybridized carbons (Fsp3) is 0.308. The topological polar surface area (TPSA) is 43.8 Å².